The highest BCUT2D eigenvalue weighted by Gasteiger charge is 2.15. The number of nitrogens with zero attached hydrogens (tertiary/aromatic N) is 4. The Kier molecular flexibility index (Phi) is 2.64. The number of hydrogen-bond acceptors (Lipinski definition) is 4. The largest absolute Gasteiger partial charge is 0.478 e. The number of fused-ring (bicyclic) bond motifs is 2. The maximum absolute atomic E-state index is 11.2. The highest BCUT2D eigenvalue weighted by atomic mass is 35.5. The number of imidazole rings is 1. The highest BCUT2D eigenvalue weighted by Crippen LogP contribution is 2.23. The van der Waals surface area contributed by atoms with E-state index in [-0.39, 0.29) is 5.56 Å². The molecule has 4 heterocycles. The van der Waals surface area contributed by atoms with Crippen LogP contribution in [0.3, 0.4) is 0 Å². The normalized spacial score (nSPS) is 11.3. The Hall–Kier alpha value is -2.93. The summed E-state index contributed by atoms with van der Waals surface area (Å²) in [5.41, 5.74) is 2.74. The molecular weight excluding hydrogens is 306 g/mol. The number of H-pyrrole nitrogens is 1. The lowest BCUT2D eigenvalue weighted by molar-refractivity contribution is 0.0699. The fourth-order valence-electron chi connectivity index (χ4n) is 2.32. The summed E-state index contributed by atoms with van der Waals surface area (Å²) in [6, 6.07) is 3.47. The van der Waals surface area contributed by atoms with Crippen LogP contribution in [-0.2, 0) is 0 Å². The number of nitrogens with one attached hydrogen (secondary N) is 1. The molecular formula is C14H8ClN5O2. The van der Waals surface area contributed by atoms with Crippen molar-refractivity contribution in [1.29, 1.82) is 0 Å². The second-order valence-electron chi connectivity index (χ2n) is 4.68. The smallest absolute Gasteiger partial charge is 0.339 e. The number of carboxylic acid groups (broad SMARTS) is 1. The first-order chi connectivity index (χ1) is 10.6. The molecule has 8 heteroatoms. The number of carbonyl (C=O) groups is 1. The zero-order valence-electron chi connectivity index (χ0n) is 11.0. The van der Waals surface area contributed by atoms with Crippen LogP contribution in [0.5, 0.6) is 0 Å². The minimum Gasteiger partial charge on any atom is -0.478 e. The average Bonchev–Trinajstić information content (AvgIpc) is 3.09. The van der Waals surface area contributed by atoms with Crippen LogP contribution in [-0.4, -0.2) is 35.4 Å². The molecule has 0 bridgehead atoms. The van der Waals surface area contributed by atoms with Gasteiger partial charge in [0.15, 0.2) is 5.65 Å². The average molecular weight is 314 g/mol. The van der Waals surface area contributed by atoms with Gasteiger partial charge in [-0.3, -0.25) is 4.40 Å². The summed E-state index contributed by atoms with van der Waals surface area (Å²) in [6.45, 7) is 0. The molecule has 0 unspecified atom stereocenters. The number of hydrogen-bond donors (Lipinski definition) is 2. The zero-order valence-corrected chi connectivity index (χ0v) is 11.7. The Labute approximate surface area is 128 Å². The molecule has 4 aromatic rings. The Morgan fingerprint density at radius 2 is 2.18 bits per heavy atom. The Bertz CT molecular complexity index is 1040. The first kappa shape index (κ1) is 12.8. The van der Waals surface area contributed by atoms with Gasteiger partial charge in [-0.05, 0) is 6.07 Å². The van der Waals surface area contributed by atoms with Gasteiger partial charge in [-0.2, -0.15) is 0 Å². The molecule has 0 atom stereocenters. The third-order valence-corrected chi connectivity index (χ3v) is 3.58. The molecule has 2 N–H and O–H groups in total. The minimum atomic E-state index is -1.05. The van der Waals surface area contributed by atoms with Gasteiger partial charge >= 0.3 is 5.97 Å². The third-order valence-electron chi connectivity index (χ3n) is 3.35. The molecule has 0 aliphatic heterocycles. The van der Waals surface area contributed by atoms with Crippen LogP contribution in [0.2, 0.25) is 5.02 Å². The molecule has 0 aliphatic rings. The second-order valence-corrected chi connectivity index (χ2v) is 5.11. The molecule has 0 saturated carbocycles. The molecule has 0 amide bonds. The summed E-state index contributed by atoms with van der Waals surface area (Å²) < 4.78 is 1.81. The molecule has 0 spiro atoms. The van der Waals surface area contributed by atoms with E-state index < -0.39 is 5.97 Å². The monoisotopic (exact) mass is 313 g/mol. The van der Waals surface area contributed by atoms with Gasteiger partial charge in [0.1, 0.15) is 22.4 Å². The van der Waals surface area contributed by atoms with Gasteiger partial charge < -0.3 is 10.1 Å². The lowest BCUT2D eigenvalue weighted by Gasteiger charge is -2.02. The van der Waals surface area contributed by atoms with Crippen molar-refractivity contribution in [2.24, 2.45) is 0 Å². The second kappa shape index (κ2) is 4.54. The van der Waals surface area contributed by atoms with Crippen molar-refractivity contribution in [3.63, 3.8) is 0 Å². The topological polar surface area (TPSA) is 96.2 Å². The van der Waals surface area contributed by atoms with E-state index in [0.29, 0.717) is 33.2 Å². The van der Waals surface area contributed by atoms with Crippen LogP contribution in [0.15, 0.2) is 36.9 Å². The SMILES string of the molecule is O=C(O)c1c[nH]c2ncc(-c3cnc4cc(Cl)ccn34)nc12. The summed E-state index contributed by atoms with van der Waals surface area (Å²) in [4.78, 5) is 26.9. The van der Waals surface area contributed by atoms with Gasteiger partial charge in [0.25, 0.3) is 0 Å². The van der Waals surface area contributed by atoms with E-state index in [1.807, 2.05) is 4.40 Å². The summed E-state index contributed by atoms with van der Waals surface area (Å²) in [5.74, 6) is -1.05. The van der Waals surface area contributed by atoms with E-state index in [1.165, 1.54) is 6.20 Å². The fourth-order valence-corrected chi connectivity index (χ4v) is 2.48. The third kappa shape index (κ3) is 1.83. The zero-order chi connectivity index (χ0) is 15.3. The molecule has 108 valence electrons. The molecule has 0 fully saturated rings. The van der Waals surface area contributed by atoms with Crippen LogP contribution in [0.4, 0.5) is 0 Å². The number of halogens is 1. The molecule has 4 aromatic heterocycles. The number of pyridine rings is 1. The molecule has 7 nitrogen and oxygen atoms in total. The lowest BCUT2D eigenvalue weighted by atomic mass is 10.3. The van der Waals surface area contributed by atoms with Crippen LogP contribution >= 0.6 is 11.6 Å². The van der Waals surface area contributed by atoms with Gasteiger partial charge in [-0.15, -0.1) is 0 Å². The van der Waals surface area contributed by atoms with Gasteiger partial charge in [0.05, 0.1) is 18.1 Å². The lowest BCUT2D eigenvalue weighted by Crippen LogP contribution is -1.97. The van der Waals surface area contributed by atoms with Crippen molar-refractivity contribution < 1.29 is 9.90 Å². The van der Waals surface area contributed by atoms with Crippen LogP contribution < -0.4 is 0 Å². The maximum atomic E-state index is 11.2. The van der Waals surface area contributed by atoms with E-state index in [1.54, 1.807) is 30.7 Å². The number of aromatic nitrogens is 5. The van der Waals surface area contributed by atoms with Crippen molar-refractivity contribution in [2.45, 2.75) is 0 Å². The molecule has 22 heavy (non-hydrogen) atoms. The first-order valence-electron chi connectivity index (χ1n) is 6.34. The van der Waals surface area contributed by atoms with Gasteiger partial charge in [0.2, 0.25) is 0 Å². The number of carboxylic acids is 1. The fraction of sp³-hybridized carbons (Fsp3) is 0. The van der Waals surface area contributed by atoms with Gasteiger partial charge in [-0.25, -0.2) is 19.7 Å². The summed E-state index contributed by atoms with van der Waals surface area (Å²) in [7, 11) is 0. The van der Waals surface area contributed by atoms with Crippen molar-refractivity contribution in [3.8, 4) is 11.4 Å². The predicted octanol–water partition coefficient (Wildman–Crippen LogP) is 2.62. The number of rotatable bonds is 2. The Balaban J connectivity index is 1.96. The number of aromatic carboxylic acids is 1. The predicted molar refractivity (Wildman–Crippen MR) is 80.0 cm³/mol. The molecule has 0 aliphatic carbocycles. The van der Waals surface area contributed by atoms with Crippen molar-refractivity contribution in [1.82, 2.24) is 24.3 Å². The van der Waals surface area contributed by atoms with E-state index in [0.717, 1.165) is 0 Å². The molecule has 4 rings (SSSR count). The highest BCUT2D eigenvalue weighted by molar-refractivity contribution is 6.30. The van der Waals surface area contributed by atoms with Crippen LogP contribution in [0.1, 0.15) is 10.4 Å². The van der Waals surface area contributed by atoms with Gasteiger partial charge in [0, 0.05) is 23.5 Å². The quantitative estimate of drug-likeness (QED) is 0.593. The minimum absolute atomic E-state index is 0.0845. The van der Waals surface area contributed by atoms with Gasteiger partial charge in [-0.1, -0.05) is 11.6 Å². The van der Waals surface area contributed by atoms with Crippen molar-refractivity contribution in [3.05, 3.63) is 47.5 Å². The number of aromatic amines is 1. The van der Waals surface area contributed by atoms with Crippen LogP contribution in [0, 0.1) is 0 Å². The molecule has 0 radical (unpaired) electrons. The first-order valence-corrected chi connectivity index (χ1v) is 6.71. The maximum Gasteiger partial charge on any atom is 0.339 e. The molecule has 0 saturated heterocycles. The molecule has 0 aromatic carbocycles. The Morgan fingerprint density at radius 3 is 3.00 bits per heavy atom. The standard InChI is InChI=1S/C14H8ClN5O2/c15-7-1-2-20-10(6-16-11(20)3-7)9-5-18-13-12(19-9)8(4-17-13)14(21)22/h1-6H,(H,17,18)(H,21,22). The summed E-state index contributed by atoms with van der Waals surface area (Å²) >= 11 is 5.94. The Morgan fingerprint density at radius 1 is 1.32 bits per heavy atom. The van der Waals surface area contributed by atoms with Crippen molar-refractivity contribution in [2.75, 3.05) is 0 Å². The van der Waals surface area contributed by atoms with Crippen LogP contribution in [0.25, 0.3) is 28.2 Å². The van der Waals surface area contributed by atoms with Crippen molar-refractivity contribution >= 4 is 34.4 Å². The van der Waals surface area contributed by atoms with E-state index in [9.17, 15) is 9.90 Å². The van der Waals surface area contributed by atoms with E-state index >= 15 is 0 Å². The summed E-state index contributed by atoms with van der Waals surface area (Å²) in [5, 5.41) is 9.76. The summed E-state index contributed by atoms with van der Waals surface area (Å²) in [6.07, 6.45) is 6.38. The van der Waals surface area contributed by atoms with E-state index in [2.05, 4.69) is 19.9 Å². The van der Waals surface area contributed by atoms with E-state index in [4.69, 9.17) is 11.6 Å².